The van der Waals surface area contributed by atoms with Crippen molar-refractivity contribution in [1.82, 2.24) is 15.6 Å². The number of urea groups is 1. The van der Waals surface area contributed by atoms with Gasteiger partial charge in [0, 0.05) is 25.5 Å². The minimum Gasteiger partial charge on any atom is -0.338 e. The smallest absolute Gasteiger partial charge is 0.338 e. The molecule has 0 aliphatic heterocycles. The van der Waals surface area contributed by atoms with Crippen LogP contribution in [-0.4, -0.2) is 24.1 Å². The number of rotatable bonds is 6. The Bertz CT molecular complexity index is 642. The molecule has 4 nitrogen and oxygen atoms in total. The summed E-state index contributed by atoms with van der Waals surface area (Å²) in [5.74, 6) is 0. The van der Waals surface area contributed by atoms with E-state index in [2.05, 4.69) is 15.6 Å². The normalized spacial score (nSPS) is 11.1. The van der Waals surface area contributed by atoms with Gasteiger partial charge < -0.3 is 10.6 Å². The van der Waals surface area contributed by atoms with Crippen LogP contribution in [0.2, 0.25) is 0 Å². The monoisotopic (exact) mass is 337 g/mol. The average Bonchev–Trinajstić information content (AvgIpc) is 2.55. The molecule has 0 spiro atoms. The molecular weight excluding hydrogens is 319 g/mol. The molecule has 0 fully saturated rings. The lowest BCUT2D eigenvalue weighted by atomic mass is 10.1. The van der Waals surface area contributed by atoms with Gasteiger partial charge in [-0.1, -0.05) is 18.2 Å². The fraction of sp³-hybridized carbons (Fsp3) is 0.294. The summed E-state index contributed by atoms with van der Waals surface area (Å²) in [5, 5.41) is 5.39. The number of halogens is 3. The van der Waals surface area contributed by atoms with Crippen molar-refractivity contribution in [3.63, 3.8) is 0 Å². The van der Waals surface area contributed by atoms with Gasteiger partial charge in [0.25, 0.3) is 0 Å². The Labute approximate surface area is 138 Å². The summed E-state index contributed by atoms with van der Waals surface area (Å²) in [7, 11) is 0. The van der Waals surface area contributed by atoms with Gasteiger partial charge in [0.2, 0.25) is 0 Å². The largest absolute Gasteiger partial charge is 0.416 e. The maximum atomic E-state index is 12.4. The van der Waals surface area contributed by atoms with E-state index in [1.54, 1.807) is 12.4 Å². The van der Waals surface area contributed by atoms with Crippen molar-refractivity contribution in [2.45, 2.75) is 19.0 Å². The summed E-state index contributed by atoms with van der Waals surface area (Å²) in [6, 6.07) is 8.39. The van der Waals surface area contributed by atoms with Gasteiger partial charge in [-0.2, -0.15) is 13.2 Å². The summed E-state index contributed by atoms with van der Waals surface area (Å²) >= 11 is 0. The van der Waals surface area contributed by atoms with Gasteiger partial charge in [-0.05, 0) is 42.2 Å². The second-order valence-corrected chi connectivity index (χ2v) is 5.24. The Morgan fingerprint density at radius 2 is 1.58 bits per heavy atom. The Hall–Kier alpha value is -2.57. The molecule has 1 aromatic carbocycles. The number of nitrogens with one attached hydrogen (secondary N) is 2. The minimum absolute atomic E-state index is 0.300. The van der Waals surface area contributed by atoms with Gasteiger partial charge in [0.15, 0.2) is 0 Å². The van der Waals surface area contributed by atoms with Crippen LogP contribution in [0.25, 0.3) is 0 Å². The highest BCUT2D eigenvalue weighted by Gasteiger charge is 2.29. The van der Waals surface area contributed by atoms with Crippen LogP contribution in [0.15, 0.2) is 48.8 Å². The number of aromatic nitrogens is 1. The van der Waals surface area contributed by atoms with E-state index in [1.165, 1.54) is 12.1 Å². The highest BCUT2D eigenvalue weighted by molar-refractivity contribution is 5.73. The van der Waals surface area contributed by atoms with Crippen molar-refractivity contribution >= 4 is 6.03 Å². The first-order chi connectivity index (χ1) is 11.4. The summed E-state index contributed by atoms with van der Waals surface area (Å²) in [5.41, 5.74) is 1.09. The van der Waals surface area contributed by atoms with Crippen molar-refractivity contribution in [2.24, 2.45) is 0 Å². The molecule has 0 unspecified atom stereocenters. The molecule has 1 heterocycles. The minimum atomic E-state index is -4.33. The molecule has 7 heteroatoms. The second-order valence-electron chi connectivity index (χ2n) is 5.24. The fourth-order valence-electron chi connectivity index (χ4n) is 2.11. The zero-order valence-electron chi connectivity index (χ0n) is 12.9. The lowest BCUT2D eigenvalue weighted by molar-refractivity contribution is -0.137. The average molecular weight is 337 g/mol. The van der Waals surface area contributed by atoms with Crippen molar-refractivity contribution in [1.29, 1.82) is 0 Å². The van der Waals surface area contributed by atoms with Crippen LogP contribution in [-0.2, 0) is 19.0 Å². The maximum absolute atomic E-state index is 12.4. The van der Waals surface area contributed by atoms with E-state index in [0.717, 1.165) is 23.3 Å². The molecule has 0 bridgehead atoms. The third-order valence-electron chi connectivity index (χ3n) is 3.40. The van der Waals surface area contributed by atoms with Gasteiger partial charge in [-0.25, -0.2) is 4.79 Å². The lowest BCUT2D eigenvalue weighted by Gasteiger charge is -2.09. The Morgan fingerprint density at radius 1 is 0.958 bits per heavy atom. The number of benzene rings is 1. The van der Waals surface area contributed by atoms with E-state index in [4.69, 9.17) is 0 Å². The fourth-order valence-corrected chi connectivity index (χ4v) is 2.11. The van der Waals surface area contributed by atoms with E-state index in [0.29, 0.717) is 25.9 Å². The summed E-state index contributed by atoms with van der Waals surface area (Å²) in [4.78, 5) is 15.6. The topological polar surface area (TPSA) is 54.0 Å². The molecule has 0 aliphatic carbocycles. The van der Waals surface area contributed by atoms with Crippen LogP contribution < -0.4 is 10.6 Å². The zero-order chi connectivity index (χ0) is 17.4. The Balaban J connectivity index is 1.65. The molecule has 2 rings (SSSR count). The quantitative estimate of drug-likeness (QED) is 0.851. The van der Waals surface area contributed by atoms with Gasteiger partial charge >= 0.3 is 12.2 Å². The van der Waals surface area contributed by atoms with Crippen LogP contribution in [0.1, 0.15) is 16.7 Å². The number of amides is 2. The number of nitrogens with zero attached hydrogens (tertiary/aromatic N) is 1. The molecule has 0 atom stereocenters. The molecular formula is C17H18F3N3O. The van der Waals surface area contributed by atoms with Crippen LogP contribution in [0.3, 0.4) is 0 Å². The van der Waals surface area contributed by atoms with E-state index < -0.39 is 11.7 Å². The van der Waals surface area contributed by atoms with Crippen LogP contribution in [0.5, 0.6) is 0 Å². The third kappa shape index (κ3) is 5.91. The first-order valence-corrected chi connectivity index (χ1v) is 7.52. The van der Waals surface area contributed by atoms with E-state index in [1.807, 2.05) is 12.1 Å². The summed E-state index contributed by atoms with van der Waals surface area (Å²) in [6.45, 7) is 0.835. The SMILES string of the molecule is O=C(NCCc1ccc(C(F)(F)F)cc1)NCCc1cccnc1. The first kappa shape index (κ1) is 17.8. The number of hydrogen-bond donors (Lipinski definition) is 2. The molecule has 2 N–H and O–H groups in total. The number of carbonyl (C=O) groups excluding carboxylic acids is 1. The number of pyridine rings is 1. The van der Waals surface area contributed by atoms with Crippen LogP contribution >= 0.6 is 0 Å². The Morgan fingerprint density at radius 3 is 2.12 bits per heavy atom. The molecule has 2 amide bonds. The summed E-state index contributed by atoms with van der Waals surface area (Å²) in [6.07, 6.45) is 0.244. The molecule has 24 heavy (non-hydrogen) atoms. The summed E-state index contributed by atoms with van der Waals surface area (Å²) < 4.78 is 37.3. The van der Waals surface area contributed by atoms with Gasteiger partial charge in [0.1, 0.15) is 0 Å². The predicted octanol–water partition coefficient (Wildman–Crippen LogP) is 3.18. The van der Waals surface area contributed by atoms with Crippen molar-refractivity contribution < 1.29 is 18.0 Å². The molecule has 128 valence electrons. The molecule has 1 aromatic heterocycles. The zero-order valence-corrected chi connectivity index (χ0v) is 12.9. The second kappa shape index (κ2) is 8.33. The molecule has 0 radical (unpaired) electrons. The number of alkyl halides is 3. The van der Waals surface area contributed by atoms with E-state index in [9.17, 15) is 18.0 Å². The van der Waals surface area contributed by atoms with Gasteiger partial charge in [-0.3, -0.25) is 4.98 Å². The molecule has 0 aliphatic rings. The molecule has 0 saturated heterocycles. The van der Waals surface area contributed by atoms with Crippen LogP contribution in [0, 0.1) is 0 Å². The highest BCUT2D eigenvalue weighted by Crippen LogP contribution is 2.29. The third-order valence-corrected chi connectivity index (χ3v) is 3.40. The number of carbonyl (C=O) groups is 1. The van der Waals surface area contributed by atoms with Crippen LogP contribution in [0.4, 0.5) is 18.0 Å². The number of hydrogen-bond acceptors (Lipinski definition) is 2. The molecule has 2 aromatic rings. The predicted molar refractivity (Wildman–Crippen MR) is 84.5 cm³/mol. The van der Waals surface area contributed by atoms with Crippen molar-refractivity contribution in [2.75, 3.05) is 13.1 Å². The molecule has 0 saturated carbocycles. The van der Waals surface area contributed by atoms with E-state index in [-0.39, 0.29) is 6.03 Å². The van der Waals surface area contributed by atoms with Gasteiger partial charge in [-0.15, -0.1) is 0 Å². The first-order valence-electron chi connectivity index (χ1n) is 7.52. The van der Waals surface area contributed by atoms with Gasteiger partial charge in [0.05, 0.1) is 5.56 Å². The van der Waals surface area contributed by atoms with Crippen molar-refractivity contribution in [3.8, 4) is 0 Å². The standard InChI is InChI=1S/C17H18F3N3O/c18-17(19,20)15-5-3-13(4-6-15)7-10-22-16(24)23-11-8-14-2-1-9-21-12-14/h1-6,9,12H,7-8,10-11H2,(H2,22,23,24). The maximum Gasteiger partial charge on any atom is 0.416 e. The lowest BCUT2D eigenvalue weighted by Crippen LogP contribution is -2.37. The van der Waals surface area contributed by atoms with E-state index >= 15 is 0 Å². The Kier molecular flexibility index (Phi) is 6.17. The van der Waals surface area contributed by atoms with Crippen molar-refractivity contribution in [3.05, 3.63) is 65.5 Å². The highest BCUT2D eigenvalue weighted by atomic mass is 19.4.